The van der Waals surface area contributed by atoms with Crippen LogP contribution in [0.1, 0.15) is 13.8 Å². The molecule has 7 heteroatoms. The molecule has 1 atom stereocenters. The molecule has 0 aromatic rings. The molecule has 0 heterocycles. The summed E-state index contributed by atoms with van der Waals surface area (Å²) in [6, 6.07) is -0.237. The molecule has 0 aromatic heterocycles. The van der Waals surface area contributed by atoms with Crippen LogP contribution in [-0.2, 0) is 19.4 Å². The largest absolute Gasteiger partial charge is 0.383 e. The number of methoxy groups -OCH3 is 1. The molecule has 96 valence electrons. The molecule has 0 aromatic carbocycles. The Morgan fingerprint density at radius 1 is 1.50 bits per heavy atom. The van der Waals surface area contributed by atoms with Gasteiger partial charge in [-0.25, -0.2) is 8.42 Å². The minimum Gasteiger partial charge on any atom is -0.383 e. The number of halogens is 1. The van der Waals surface area contributed by atoms with E-state index in [0.717, 1.165) is 6.26 Å². The zero-order chi connectivity index (χ0) is 13.0. The number of sulfone groups is 1. The molecule has 1 amide bonds. The number of alkyl halides is 1. The summed E-state index contributed by atoms with van der Waals surface area (Å²) in [5.41, 5.74) is 0. The second-order valence-electron chi connectivity index (χ2n) is 4.06. The molecule has 1 unspecified atom stereocenters. The summed E-state index contributed by atoms with van der Waals surface area (Å²) in [4.78, 5) is 11.8. The highest BCUT2D eigenvalue weighted by Gasteiger charge is 2.39. The Balaban J connectivity index is 4.69. The first-order chi connectivity index (χ1) is 7.16. The molecule has 0 fully saturated rings. The van der Waals surface area contributed by atoms with E-state index in [1.54, 1.807) is 0 Å². The minimum absolute atomic E-state index is 0.237. The molecule has 0 radical (unpaired) electrons. The van der Waals surface area contributed by atoms with E-state index in [1.807, 2.05) is 0 Å². The Hall–Kier alpha value is -0.140. The van der Waals surface area contributed by atoms with Gasteiger partial charge in [-0.15, -0.1) is 0 Å². The lowest BCUT2D eigenvalue weighted by Crippen LogP contribution is -2.52. The average Bonchev–Trinajstić information content (AvgIpc) is 2.15. The van der Waals surface area contributed by atoms with Crippen molar-refractivity contribution in [1.82, 2.24) is 5.32 Å². The van der Waals surface area contributed by atoms with Crippen molar-refractivity contribution >= 4 is 31.7 Å². The van der Waals surface area contributed by atoms with Gasteiger partial charge in [-0.05, 0) is 13.8 Å². The first-order valence-corrected chi connectivity index (χ1v) is 7.73. The van der Waals surface area contributed by atoms with Gasteiger partial charge < -0.3 is 10.1 Å². The van der Waals surface area contributed by atoms with E-state index in [1.165, 1.54) is 21.0 Å². The van der Waals surface area contributed by atoms with E-state index in [4.69, 9.17) is 4.74 Å². The van der Waals surface area contributed by atoms with Crippen molar-refractivity contribution in [1.29, 1.82) is 0 Å². The Morgan fingerprint density at radius 3 is 2.31 bits per heavy atom. The van der Waals surface area contributed by atoms with Crippen molar-refractivity contribution in [3.63, 3.8) is 0 Å². The lowest BCUT2D eigenvalue weighted by Gasteiger charge is -2.24. The fourth-order valence-electron chi connectivity index (χ4n) is 0.854. The van der Waals surface area contributed by atoms with Gasteiger partial charge in [0.2, 0.25) is 5.91 Å². The predicted octanol–water partition coefficient (Wildman–Crippen LogP) is 0.336. The quantitative estimate of drug-likeness (QED) is 0.717. The smallest absolute Gasteiger partial charge is 0.241 e. The number of carbonyl (C=O) groups is 1. The van der Waals surface area contributed by atoms with Crippen LogP contribution in [0.5, 0.6) is 0 Å². The summed E-state index contributed by atoms with van der Waals surface area (Å²) in [5, 5.41) is 3.13. The lowest BCUT2D eigenvalue weighted by atomic mass is 10.2. The maximum Gasteiger partial charge on any atom is 0.241 e. The Kier molecular flexibility index (Phi) is 5.92. The standard InChI is InChI=1S/C9H18BrNO4S/c1-9(2,16(4,13)14)8(12)11-7(5-10)6-15-3/h7H,5-6H2,1-4H3,(H,11,12). The Bertz CT molecular complexity index is 339. The van der Waals surface area contributed by atoms with E-state index in [9.17, 15) is 13.2 Å². The zero-order valence-electron chi connectivity index (χ0n) is 9.91. The van der Waals surface area contributed by atoms with Crippen LogP contribution in [0.3, 0.4) is 0 Å². The molecular formula is C9H18BrNO4S. The topological polar surface area (TPSA) is 72.5 Å². The number of ether oxygens (including phenoxy) is 1. The highest BCUT2D eigenvalue weighted by atomic mass is 79.9. The molecule has 1 N–H and O–H groups in total. The highest BCUT2D eigenvalue weighted by Crippen LogP contribution is 2.15. The van der Waals surface area contributed by atoms with Crippen LogP contribution < -0.4 is 5.32 Å². The van der Waals surface area contributed by atoms with Crippen LogP contribution >= 0.6 is 15.9 Å². The zero-order valence-corrected chi connectivity index (χ0v) is 12.3. The van der Waals surface area contributed by atoms with Gasteiger partial charge in [0.05, 0.1) is 12.6 Å². The number of carbonyl (C=O) groups excluding carboxylic acids is 1. The van der Waals surface area contributed by atoms with E-state index >= 15 is 0 Å². The van der Waals surface area contributed by atoms with Gasteiger partial charge >= 0.3 is 0 Å². The molecular weight excluding hydrogens is 298 g/mol. The second-order valence-corrected chi connectivity index (χ2v) is 7.27. The maximum absolute atomic E-state index is 11.8. The van der Waals surface area contributed by atoms with Crippen molar-refractivity contribution in [3.8, 4) is 0 Å². The molecule has 0 saturated carbocycles. The molecule has 5 nitrogen and oxygen atoms in total. The van der Waals surface area contributed by atoms with Gasteiger partial charge in [-0.1, -0.05) is 15.9 Å². The number of hydrogen-bond donors (Lipinski definition) is 1. The summed E-state index contributed by atoms with van der Waals surface area (Å²) in [5.74, 6) is -0.517. The summed E-state index contributed by atoms with van der Waals surface area (Å²) in [6.45, 7) is 3.10. The van der Waals surface area contributed by atoms with Crippen molar-refractivity contribution in [2.24, 2.45) is 0 Å². The van der Waals surface area contributed by atoms with Crippen molar-refractivity contribution in [2.75, 3.05) is 25.3 Å². The highest BCUT2D eigenvalue weighted by molar-refractivity contribution is 9.09. The SMILES string of the molecule is COCC(CBr)NC(=O)C(C)(C)S(C)(=O)=O. The molecule has 0 aliphatic rings. The van der Waals surface area contributed by atoms with E-state index in [2.05, 4.69) is 21.2 Å². The molecule has 0 aliphatic heterocycles. The average molecular weight is 316 g/mol. The summed E-state index contributed by atoms with van der Waals surface area (Å²) in [7, 11) is -1.92. The van der Waals surface area contributed by atoms with Crippen LogP contribution in [-0.4, -0.2) is 50.4 Å². The summed E-state index contributed by atoms with van der Waals surface area (Å²) >= 11 is 3.22. The number of amides is 1. The number of rotatable bonds is 6. The molecule has 0 bridgehead atoms. The van der Waals surface area contributed by atoms with Crippen LogP contribution in [0.4, 0.5) is 0 Å². The van der Waals surface area contributed by atoms with Crippen molar-refractivity contribution < 1.29 is 17.9 Å². The fraction of sp³-hybridized carbons (Fsp3) is 0.889. The van der Waals surface area contributed by atoms with Crippen molar-refractivity contribution in [2.45, 2.75) is 24.6 Å². The minimum atomic E-state index is -3.44. The van der Waals surface area contributed by atoms with Gasteiger partial charge in [0, 0.05) is 18.7 Å². The van der Waals surface area contributed by atoms with Gasteiger partial charge in [-0.3, -0.25) is 4.79 Å². The summed E-state index contributed by atoms with van der Waals surface area (Å²) < 4.78 is 26.3. The van der Waals surface area contributed by atoms with Crippen LogP contribution in [0.15, 0.2) is 0 Å². The Morgan fingerprint density at radius 2 is 2.00 bits per heavy atom. The number of nitrogens with one attached hydrogen (secondary N) is 1. The Labute approximate surface area is 105 Å². The molecule has 0 saturated heterocycles. The number of hydrogen-bond acceptors (Lipinski definition) is 4. The predicted molar refractivity (Wildman–Crippen MR) is 66.5 cm³/mol. The lowest BCUT2D eigenvalue weighted by molar-refractivity contribution is -0.123. The van der Waals surface area contributed by atoms with Crippen LogP contribution in [0.2, 0.25) is 0 Å². The van der Waals surface area contributed by atoms with Gasteiger partial charge in [0.25, 0.3) is 0 Å². The molecule has 0 aliphatic carbocycles. The van der Waals surface area contributed by atoms with E-state index < -0.39 is 20.5 Å². The van der Waals surface area contributed by atoms with Gasteiger partial charge in [0.1, 0.15) is 4.75 Å². The summed E-state index contributed by atoms with van der Waals surface area (Å²) in [6.07, 6.45) is 1.05. The van der Waals surface area contributed by atoms with E-state index in [-0.39, 0.29) is 6.04 Å². The van der Waals surface area contributed by atoms with Gasteiger partial charge in [0.15, 0.2) is 9.84 Å². The third-order valence-corrected chi connectivity index (χ3v) is 5.18. The first kappa shape index (κ1) is 15.9. The van der Waals surface area contributed by atoms with Crippen molar-refractivity contribution in [3.05, 3.63) is 0 Å². The second kappa shape index (κ2) is 5.97. The molecule has 0 spiro atoms. The van der Waals surface area contributed by atoms with Crippen LogP contribution in [0, 0.1) is 0 Å². The third-order valence-electron chi connectivity index (χ3n) is 2.36. The first-order valence-electron chi connectivity index (χ1n) is 4.72. The van der Waals surface area contributed by atoms with Crippen LogP contribution in [0.25, 0.3) is 0 Å². The molecule has 16 heavy (non-hydrogen) atoms. The fourth-order valence-corrected chi connectivity index (χ4v) is 1.60. The monoisotopic (exact) mass is 315 g/mol. The third kappa shape index (κ3) is 4.03. The normalized spacial score (nSPS) is 14.6. The maximum atomic E-state index is 11.8. The van der Waals surface area contributed by atoms with Gasteiger partial charge in [-0.2, -0.15) is 0 Å². The van der Waals surface area contributed by atoms with E-state index in [0.29, 0.717) is 11.9 Å². The molecule has 0 rings (SSSR count).